The molecule has 7 heteroatoms. The Bertz CT molecular complexity index is 1100. The minimum atomic E-state index is 0.0829. The number of para-hydroxylation sites is 2. The summed E-state index contributed by atoms with van der Waals surface area (Å²) in [6.07, 6.45) is 2.04. The Morgan fingerprint density at radius 1 is 1.12 bits per heavy atom. The molecule has 2 fully saturated rings. The van der Waals surface area contributed by atoms with Crippen LogP contribution in [0.15, 0.2) is 53.0 Å². The van der Waals surface area contributed by atoms with E-state index in [9.17, 15) is 4.79 Å². The molecule has 1 N–H and O–H groups in total. The Morgan fingerprint density at radius 3 is 2.75 bits per heavy atom. The zero-order valence-corrected chi connectivity index (χ0v) is 20.1. The first-order chi connectivity index (χ1) is 15.6. The summed E-state index contributed by atoms with van der Waals surface area (Å²) in [5.74, 6) is 1.43. The summed E-state index contributed by atoms with van der Waals surface area (Å²) < 4.78 is 3.32. The fourth-order valence-corrected chi connectivity index (χ4v) is 5.32. The third kappa shape index (κ3) is 4.47. The number of benzene rings is 2. The van der Waals surface area contributed by atoms with E-state index in [0.717, 1.165) is 79.1 Å². The van der Waals surface area contributed by atoms with Crippen molar-refractivity contribution in [2.45, 2.75) is 32.4 Å². The molecule has 0 spiro atoms. The van der Waals surface area contributed by atoms with Crippen molar-refractivity contribution in [1.82, 2.24) is 24.7 Å². The third-order valence-corrected chi connectivity index (χ3v) is 7.14. The van der Waals surface area contributed by atoms with Gasteiger partial charge in [0.05, 0.1) is 23.5 Å². The van der Waals surface area contributed by atoms with Crippen LogP contribution in [0, 0.1) is 5.92 Å². The largest absolute Gasteiger partial charge is 0.340 e. The monoisotopic (exact) mass is 495 g/mol. The topological polar surface area (TPSA) is 53.4 Å². The number of carbonyl (C=O) groups excluding carboxylic acids is 1. The van der Waals surface area contributed by atoms with Gasteiger partial charge >= 0.3 is 0 Å². The molecule has 0 saturated carbocycles. The van der Waals surface area contributed by atoms with Gasteiger partial charge in [0, 0.05) is 42.4 Å². The van der Waals surface area contributed by atoms with Gasteiger partial charge < -0.3 is 10.2 Å². The van der Waals surface area contributed by atoms with E-state index >= 15 is 0 Å². The second-order valence-electron chi connectivity index (χ2n) is 9.04. The molecule has 3 aromatic rings. The van der Waals surface area contributed by atoms with Gasteiger partial charge in [-0.15, -0.1) is 0 Å². The lowest BCUT2D eigenvalue weighted by Crippen LogP contribution is -2.54. The van der Waals surface area contributed by atoms with Crippen LogP contribution in [0.25, 0.3) is 16.7 Å². The minimum Gasteiger partial charge on any atom is -0.340 e. The van der Waals surface area contributed by atoms with Gasteiger partial charge in [-0.05, 0) is 62.7 Å². The first-order valence-corrected chi connectivity index (χ1v) is 12.3. The summed E-state index contributed by atoms with van der Waals surface area (Å²) in [5.41, 5.74) is 3.23. The van der Waals surface area contributed by atoms with E-state index in [1.54, 1.807) is 0 Å². The molecule has 168 valence electrons. The second-order valence-corrected chi connectivity index (χ2v) is 9.96. The van der Waals surface area contributed by atoms with E-state index in [1.807, 2.05) is 6.07 Å². The molecule has 32 heavy (non-hydrogen) atoms. The Kier molecular flexibility index (Phi) is 6.31. The van der Waals surface area contributed by atoms with Gasteiger partial charge in [-0.25, -0.2) is 4.98 Å². The van der Waals surface area contributed by atoms with Crippen LogP contribution in [0.1, 0.15) is 25.6 Å². The van der Waals surface area contributed by atoms with Crippen molar-refractivity contribution in [2.24, 2.45) is 5.92 Å². The van der Waals surface area contributed by atoms with E-state index in [2.05, 4.69) is 85.0 Å². The van der Waals surface area contributed by atoms with Crippen LogP contribution in [0.2, 0.25) is 0 Å². The van der Waals surface area contributed by atoms with E-state index < -0.39 is 0 Å². The van der Waals surface area contributed by atoms with Crippen LogP contribution in [0.4, 0.5) is 0 Å². The molecule has 2 aliphatic heterocycles. The van der Waals surface area contributed by atoms with Crippen LogP contribution in [0.5, 0.6) is 0 Å². The molecule has 2 aromatic carbocycles. The molecule has 6 nitrogen and oxygen atoms in total. The first kappa shape index (κ1) is 21.6. The highest BCUT2D eigenvalue weighted by Crippen LogP contribution is 2.26. The fourth-order valence-electron chi connectivity index (χ4n) is 5.05. The number of likely N-dealkylation sites (tertiary alicyclic amines) is 1. The SMILES string of the molecule is C[C@@H]1CN(C(=O)[C@H]2CCCN(Cc3nc4ccccc4n3-c3ccc(Br)cc3)C2)CCN1. The van der Waals surface area contributed by atoms with E-state index in [1.165, 1.54) is 0 Å². The van der Waals surface area contributed by atoms with E-state index in [-0.39, 0.29) is 5.92 Å². The number of hydrogen-bond donors (Lipinski definition) is 1. The summed E-state index contributed by atoms with van der Waals surface area (Å²) in [4.78, 5) is 22.7. The van der Waals surface area contributed by atoms with Crippen molar-refractivity contribution in [3.05, 3.63) is 58.8 Å². The van der Waals surface area contributed by atoms with Crippen molar-refractivity contribution in [2.75, 3.05) is 32.7 Å². The molecule has 2 saturated heterocycles. The van der Waals surface area contributed by atoms with Crippen LogP contribution < -0.4 is 5.32 Å². The molecule has 2 aliphatic rings. The Hall–Kier alpha value is -2.22. The summed E-state index contributed by atoms with van der Waals surface area (Å²) in [7, 11) is 0. The fraction of sp³-hybridized carbons (Fsp3) is 0.440. The summed E-state index contributed by atoms with van der Waals surface area (Å²) in [6, 6.07) is 17.0. The van der Waals surface area contributed by atoms with Crippen molar-refractivity contribution >= 4 is 32.9 Å². The second kappa shape index (κ2) is 9.33. The number of halogens is 1. The van der Waals surface area contributed by atoms with Crippen molar-refractivity contribution < 1.29 is 4.79 Å². The maximum atomic E-state index is 13.2. The molecule has 1 aromatic heterocycles. The lowest BCUT2D eigenvalue weighted by Gasteiger charge is -2.38. The summed E-state index contributed by atoms with van der Waals surface area (Å²) >= 11 is 3.54. The zero-order valence-electron chi connectivity index (χ0n) is 18.5. The Balaban J connectivity index is 1.38. The van der Waals surface area contributed by atoms with Gasteiger partial charge in [0.2, 0.25) is 5.91 Å². The number of amides is 1. The van der Waals surface area contributed by atoms with Crippen LogP contribution in [-0.2, 0) is 11.3 Å². The summed E-state index contributed by atoms with van der Waals surface area (Å²) in [6.45, 7) is 7.23. The third-order valence-electron chi connectivity index (χ3n) is 6.62. The average molecular weight is 496 g/mol. The lowest BCUT2D eigenvalue weighted by atomic mass is 9.96. The molecular weight excluding hydrogens is 466 g/mol. The van der Waals surface area contributed by atoms with Crippen molar-refractivity contribution in [3.8, 4) is 5.69 Å². The number of fused-ring (bicyclic) bond motifs is 1. The van der Waals surface area contributed by atoms with Gasteiger partial charge in [0.15, 0.2) is 0 Å². The number of nitrogens with zero attached hydrogens (tertiary/aromatic N) is 4. The number of piperidine rings is 1. The number of aromatic nitrogens is 2. The molecule has 2 atom stereocenters. The van der Waals surface area contributed by atoms with Crippen LogP contribution in [-0.4, -0.2) is 64.0 Å². The van der Waals surface area contributed by atoms with E-state index in [0.29, 0.717) is 11.9 Å². The lowest BCUT2D eigenvalue weighted by molar-refractivity contribution is -0.138. The number of imidazole rings is 1. The Labute approximate surface area is 197 Å². The predicted octanol–water partition coefficient (Wildman–Crippen LogP) is 3.82. The smallest absolute Gasteiger partial charge is 0.227 e. The number of carbonyl (C=O) groups is 1. The average Bonchev–Trinajstić information content (AvgIpc) is 3.17. The van der Waals surface area contributed by atoms with Crippen LogP contribution in [0.3, 0.4) is 0 Å². The number of piperazine rings is 1. The molecule has 0 bridgehead atoms. The maximum absolute atomic E-state index is 13.2. The van der Waals surface area contributed by atoms with Gasteiger partial charge in [0.1, 0.15) is 5.82 Å². The molecule has 3 heterocycles. The zero-order chi connectivity index (χ0) is 22.1. The van der Waals surface area contributed by atoms with E-state index in [4.69, 9.17) is 4.98 Å². The number of rotatable bonds is 4. The van der Waals surface area contributed by atoms with Gasteiger partial charge in [0.25, 0.3) is 0 Å². The molecule has 5 rings (SSSR count). The normalized spacial score (nSPS) is 22.4. The molecule has 0 radical (unpaired) electrons. The van der Waals surface area contributed by atoms with Crippen LogP contribution >= 0.6 is 15.9 Å². The molecular formula is C25H30BrN5O. The molecule has 1 amide bonds. The molecule has 0 aliphatic carbocycles. The van der Waals surface area contributed by atoms with Gasteiger partial charge in [-0.2, -0.15) is 0 Å². The molecule has 0 unspecified atom stereocenters. The van der Waals surface area contributed by atoms with Gasteiger partial charge in [-0.1, -0.05) is 28.1 Å². The van der Waals surface area contributed by atoms with Gasteiger partial charge in [-0.3, -0.25) is 14.3 Å². The highest BCUT2D eigenvalue weighted by atomic mass is 79.9. The standard InChI is InChI=1S/C25H30BrN5O/c1-18-15-30(14-12-27-18)25(32)19-5-4-13-29(16-19)17-24-28-22-6-2-3-7-23(22)31(24)21-10-8-20(26)9-11-21/h2-3,6-11,18-19,27H,4-5,12-17H2,1H3/t18-,19+/m1/s1. The first-order valence-electron chi connectivity index (χ1n) is 11.6. The van der Waals surface area contributed by atoms with Crippen molar-refractivity contribution in [3.63, 3.8) is 0 Å². The number of hydrogen-bond acceptors (Lipinski definition) is 4. The number of nitrogens with one attached hydrogen (secondary N) is 1. The minimum absolute atomic E-state index is 0.0829. The quantitative estimate of drug-likeness (QED) is 0.597. The highest BCUT2D eigenvalue weighted by molar-refractivity contribution is 9.10. The summed E-state index contributed by atoms with van der Waals surface area (Å²) in [5, 5.41) is 3.43. The predicted molar refractivity (Wildman–Crippen MR) is 131 cm³/mol. The maximum Gasteiger partial charge on any atom is 0.227 e. The van der Waals surface area contributed by atoms with Crippen molar-refractivity contribution in [1.29, 1.82) is 0 Å². The highest BCUT2D eigenvalue weighted by Gasteiger charge is 2.31. The Morgan fingerprint density at radius 2 is 1.94 bits per heavy atom.